The number of esters is 1. The third-order valence-corrected chi connectivity index (χ3v) is 4.16. The first-order valence-electron chi connectivity index (χ1n) is 7.86. The van der Waals surface area contributed by atoms with Gasteiger partial charge in [0, 0.05) is 18.8 Å². The fraction of sp³-hybridized carbons (Fsp3) is 0.588. The van der Waals surface area contributed by atoms with Gasteiger partial charge in [0.15, 0.2) is 0 Å². The smallest absolute Gasteiger partial charge is 0.326 e. The van der Waals surface area contributed by atoms with Gasteiger partial charge < -0.3 is 15.0 Å². The monoisotopic (exact) mass is 290 g/mol. The van der Waals surface area contributed by atoms with Crippen molar-refractivity contribution in [1.29, 1.82) is 0 Å². The molecule has 1 N–H and O–H groups in total. The van der Waals surface area contributed by atoms with Crippen LogP contribution < -0.4 is 10.2 Å². The van der Waals surface area contributed by atoms with Gasteiger partial charge >= 0.3 is 5.97 Å². The molecule has 116 valence electrons. The molecule has 1 aromatic rings. The van der Waals surface area contributed by atoms with Crippen LogP contribution in [0.3, 0.4) is 0 Å². The SMILES string of the molecule is CCNC(C)(CCN1CCc2ccccc21)C(=O)OCC. The Hall–Kier alpha value is -1.55. The van der Waals surface area contributed by atoms with Crippen molar-refractivity contribution in [3.63, 3.8) is 0 Å². The lowest BCUT2D eigenvalue weighted by Crippen LogP contribution is -2.52. The van der Waals surface area contributed by atoms with E-state index in [0.29, 0.717) is 6.61 Å². The third-order valence-electron chi connectivity index (χ3n) is 4.16. The van der Waals surface area contributed by atoms with Gasteiger partial charge in [0.2, 0.25) is 0 Å². The lowest BCUT2D eigenvalue weighted by molar-refractivity contribution is -0.150. The van der Waals surface area contributed by atoms with Crippen LogP contribution in [0.4, 0.5) is 5.69 Å². The molecule has 0 saturated heterocycles. The van der Waals surface area contributed by atoms with Crippen molar-refractivity contribution in [2.45, 2.75) is 39.2 Å². The quantitative estimate of drug-likeness (QED) is 0.783. The van der Waals surface area contributed by atoms with E-state index in [9.17, 15) is 4.79 Å². The van der Waals surface area contributed by atoms with Crippen LogP contribution in [-0.4, -0.2) is 37.7 Å². The highest BCUT2D eigenvalue weighted by Crippen LogP contribution is 2.28. The predicted octanol–water partition coefficient (Wildman–Crippen LogP) is 2.37. The molecule has 21 heavy (non-hydrogen) atoms. The fourth-order valence-corrected chi connectivity index (χ4v) is 2.94. The summed E-state index contributed by atoms with van der Waals surface area (Å²) in [6.07, 6.45) is 1.83. The number of hydrogen-bond donors (Lipinski definition) is 1. The van der Waals surface area contributed by atoms with E-state index in [-0.39, 0.29) is 5.97 Å². The van der Waals surface area contributed by atoms with E-state index < -0.39 is 5.54 Å². The summed E-state index contributed by atoms with van der Waals surface area (Å²) in [6.45, 7) is 8.88. The van der Waals surface area contributed by atoms with Crippen molar-refractivity contribution in [2.75, 3.05) is 31.1 Å². The number of rotatable bonds is 7. The van der Waals surface area contributed by atoms with Gasteiger partial charge in [-0.25, -0.2) is 0 Å². The minimum atomic E-state index is -0.609. The Kier molecular flexibility index (Phi) is 5.23. The van der Waals surface area contributed by atoms with E-state index in [1.165, 1.54) is 11.3 Å². The minimum absolute atomic E-state index is 0.153. The number of nitrogens with zero attached hydrogens (tertiary/aromatic N) is 1. The minimum Gasteiger partial charge on any atom is -0.465 e. The van der Waals surface area contributed by atoms with Crippen molar-refractivity contribution in [3.05, 3.63) is 29.8 Å². The lowest BCUT2D eigenvalue weighted by Gasteiger charge is -2.31. The van der Waals surface area contributed by atoms with Gasteiger partial charge in [0.05, 0.1) is 6.61 Å². The van der Waals surface area contributed by atoms with E-state index in [4.69, 9.17) is 4.74 Å². The Bertz CT molecular complexity index is 489. The Labute approximate surface area is 127 Å². The van der Waals surface area contributed by atoms with Crippen LogP contribution in [0.2, 0.25) is 0 Å². The first-order chi connectivity index (χ1) is 10.1. The molecule has 0 amide bonds. The number of fused-ring (bicyclic) bond motifs is 1. The van der Waals surface area contributed by atoms with Gasteiger partial charge in [-0.3, -0.25) is 4.79 Å². The van der Waals surface area contributed by atoms with Crippen molar-refractivity contribution in [3.8, 4) is 0 Å². The van der Waals surface area contributed by atoms with Crippen LogP contribution in [0, 0.1) is 0 Å². The molecule has 4 heteroatoms. The zero-order valence-electron chi connectivity index (χ0n) is 13.3. The fourth-order valence-electron chi connectivity index (χ4n) is 2.94. The molecule has 1 atom stereocenters. The second-order valence-electron chi connectivity index (χ2n) is 5.70. The van der Waals surface area contributed by atoms with Crippen molar-refractivity contribution in [2.24, 2.45) is 0 Å². The summed E-state index contributed by atoms with van der Waals surface area (Å²) >= 11 is 0. The molecule has 1 aliphatic heterocycles. The van der Waals surface area contributed by atoms with E-state index in [0.717, 1.165) is 32.5 Å². The van der Waals surface area contributed by atoms with Crippen LogP contribution in [0.15, 0.2) is 24.3 Å². The zero-order valence-corrected chi connectivity index (χ0v) is 13.3. The van der Waals surface area contributed by atoms with Crippen LogP contribution in [0.5, 0.6) is 0 Å². The number of benzene rings is 1. The molecule has 0 aliphatic carbocycles. The molecule has 1 aromatic carbocycles. The molecule has 2 rings (SSSR count). The maximum atomic E-state index is 12.2. The highest BCUT2D eigenvalue weighted by atomic mass is 16.5. The largest absolute Gasteiger partial charge is 0.465 e. The highest BCUT2D eigenvalue weighted by molar-refractivity contribution is 5.80. The summed E-state index contributed by atoms with van der Waals surface area (Å²) in [5, 5.41) is 3.29. The zero-order chi connectivity index (χ0) is 15.3. The summed E-state index contributed by atoms with van der Waals surface area (Å²) in [4.78, 5) is 14.6. The number of para-hydroxylation sites is 1. The van der Waals surface area contributed by atoms with Gasteiger partial charge in [-0.15, -0.1) is 0 Å². The number of carbonyl (C=O) groups excluding carboxylic acids is 1. The second kappa shape index (κ2) is 6.94. The maximum Gasteiger partial charge on any atom is 0.326 e. The molecule has 0 bridgehead atoms. The first kappa shape index (κ1) is 15.8. The predicted molar refractivity (Wildman–Crippen MR) is 85.7 cm³/mol. The first-order valence-corrected chi connectivity index (χ1v) is 7.86. The molecule has 0 spiro atoms. The van der Waals surface area contributed by atoms with Crippen LogP contribution in [0.1, 0.15) is 32.8 Å². The van der Waals surface area contributed by atoms with Gasteiger partial charge in [-0.1, -0.05) is 25.1 Å². The summed E-state index contributed by atoms with van der Waals surface area (Å²) in [5.74, 6) is -0.153. The standard InChI is InChI=1S/C17H26N2O2/c1-4-18-17(3,16(20)21-5-2)11-13-19-12-10-14-8-6-7-9-15(14)19/h6-9,18H,4-5,10-13H2,1-3H3. The number of carbonyl (C=O) groups is 1. The Morgan fingerprint density at radius 3 is 2.86 bits per heavy atom. The number of hydrogen-bond acceptors (Lipinski definition) is 4. The third kappa shape index (κ3) is 3.56. The Balaban J connectivity index is 2.01. The molecule has 0 aromatic heterocycles. The highest BCUT2D eigenvalue weighted by Gasteiger charge is 2.34. The molecule has 0 saturated carbocycles. The molecule has 4 nitrogen and oxygen atoms in total. The van der Waals surface area contributed by atoms with Crippen LogP contribution in [-0.2, 0) is 16.0 Å². The van der Waals surface area contributed by atoms with Crippen LogP contribution in [0.25, 0.3) is 0 Å². The molecular formula is C17H26N2O2. The van der Waals surface area contributed by atoms with E-state index in [2.05, 4.69) is 34.5 Å². The number of anilines is 1. The van der Waals surface area contributed by atoms with E-state index >= 15 is 0 Å². The average molecular weight is 290 g/mol. The molecule has 1 heterocycles. The topological polar surface area (TPSA) is 41.6 Å². The Morgan fingerprint density at radius 1 is 1.38 bits per heavy atom. The lowest BCUT2D eigenvalue weighted by atomic mass is 9.97. The van der Waals surface area contributed by atoms with Gasteiger partial charge in [-0.05, 0) is 44.9 Å². The van der Waals surface area contributed by atoms with Crippen LogP contribution >= 0.6 is 0 Å². The summed E-state index contributed by atoms with van der Waals surface area (Å²) < 4.78 is 5.22. The van der Waals surface area contributed by atoms with Gasteiger partial charge in [-0.2, -0.15) is 0 Å². The van der Waals surface area contributed by atoms with Gasteiger partial charge in [0.1, 0.15) is 5.54 Å². The van der Waals surface area contributed by atoms with Gasteiger partial charge in [0.25, 0.3) is 0 Å². The maximum absolute atomic E-state index is 12.2. The Morgan fingerprint density at radius 2 is 2.14 bits per heavy atom. The average Bonchev–Trinajstić information content (AvgIpc) is 2.89. The molecule has 1 aliphatic rings. The summed E-state index contributed by atoms with van der Waals surface area (Å²) in [7, 11) is 0. The summed E-state index contributed by atoms with van der Waals surface area (Å²) in [5.41, 5.74) is 2.10. The normalized spacial score (nSPS) is 16.4. The van der Waals surface area contributed by atoms with Crippen molar-refractivity contribution in [1.82, 2.24) is 5.32 Å². The van der Waals surface area contributed by atoms with Crippen molar-refractivity contribution >= 4 is 11.7 Å². The van der Waals surface area contributed by atoms with E-state index in [1.54, 1.807) is 0 Å². The number of likely N-dealkylation sites (N-methyl/N-ethyl adjacent to an activating group) is 1. The second-order valence-corrected chi connectivity index (χ2v) is 5.70. The number of ether oxygens (including phenoxy) is 1. The number of nitrogens with one attached hydrogen (secondary N) is 1. The molecule has 0 fully saturated rings. The molecule has 1 unspecified atom stereocenters. The molecular weight excluding hydrogens is 264 g/mol. The molecule has 0 radical (unpaired) electrons. The summed E-state index contributed by atoms with van der Waals surface area (Å²) in [6, 6.07) is 8.51. The van der Waals surface area contributed by atoms with E-state index in [1.807, 2.05) is 20.8 Å². The van der Waals surface area contributed by atoms with Crippen molar-refractivity contribution < 1.29 is 9.53 Å².